The summed E-state index contributed by atoms with van der Waals surface area (Å²) in [6, 6.07) is -0.214. The summed E-state index contributed by atoms with van der Waals surface area (Å²) in [5.41, 5.74) is 5.98. The van der Waals surface area contributed by atoms with E-state index in [0.717, 1.165) is 25.7 Å². The Hall–Kier alpha value is -0.950. The lowest BCUT2D eigenvalue weighted by molar-refractivity contribution is 0.355. The molecule has 0 aromatic carbocycles. The van der Waals surface area contributed by atoms with Gasteiger partial charge in [-0.3, -0.25) is 0 Å². The van der Waals surface area contributed by atoms with E-state index in [1.807, 2.05) is 0 Å². The zero-order valence-corrected chi connectivity index (χ0v) is 10.9. The zero-order chi connectivity index (χ0) is 12.8. The summed E-state index contributed by atoms with van der Waals surface area (Å²) in [5.74, 6) is 1.32. The van der Waals surface area contributed by atoms with E-state index in [2.05, 4.69) is 10.1 Å². The van der Waals surface area contributed by atoms with Gasteiger partial charge >= 0.3 is 0 Å². The number of sulfone groups is 1. The predicted octanol–water partition coefficient (Wildman–Crippen LogP) is 1.12. The molecule has 3 rings (SSSR count). The Labute approximate surface area is 106 Å². The van der Waals surface area contributed by atoms with Gasteiger partial charge < -0.3 is 10.3 Å². The van der Waals surface area contributed by atoms with Crippen LogP contribution in [0.2, 0.25) is 0 Å². The van der Waals surface area contributed by atoms with E-state index in [1.165, 1.54) is 0 Å². The Morgan fingerprint density at radius 3 is 2.72 bits per heavy atom. The summed E-state index contributed by atoms with van der Waals surface area (Å²) < 4.78 is 29.0. The van der Waals surface area contributed by atoms with E-state index >= 15 is 0 Å². The summed E-state index contributed by atoms with van der Waals surface area (Å²) in [4.78, 5) is 4.21. The molecule has 0 radical (unpaired) electrons. The van der Waals surface area contributed by atoms with Crippen LogP contribution < -0.4 is 5.73 Å². The Morgan fingerprint density at radius 1 is 1.28 bits per heavy atom. The molecule has 2 unspecified atom stereocenters. The average Bonchev–Trinajstić information content (AvgIpc) is 3.06. The van der Waals surface area contributed by atoms with Gasteiger partial charge in [0.1, 0.15) is 5.25 Å². The van der Waals surface area contributed by atoms with Gasteiger partial charge in [-0.1, -0.05) is 11.6 Å². The third kappa shape index (κ3) is 2.16. The van der Waals surface area contributed by atoms with Crippen LogP contribution in [0.5, 0.6) is 0 Å². The molecule has 2 atom stereocenters. The summed E-state index contributed by atoms with van der Waals surface area (Å²) in [5, 5.41) is 3.22. The zero-order valence-electron chi connectivity index (χ0n) is 10.1. The first-order valence-corrected chi connectivity index (χ1v) is 8.10. The minimum absolute atomic E-state index is 0.212. The molecule has 0 bridgehead atoms. The lowest BCUT2D eigenvalue weighted by Gasteiger charge is -2.18. The van der Waals surface area contributed by atoms with Gasteiger partial charge in [0.05, 0.1) is 11.8 Å². The van der Waals surface area contributed by atoms with Gasteiger partial charge in [-0.25, -0.2) is 8.42 Å². The van der Waals surface area contributed by atoms with Crippen molar-refractivity contribution in [2.24, 2.45) is 11.7 Å². The van der Waals surface area contributed by atoms with Crippen LogP contribution in [0.25, 0.3) is 0 Å². The largest absolute Gasteiger partial charge is 0.338 e. The molecule has 100 valence electrons. The summed E-state index contributed by atoms with van der Waals surface area (Å²) in [6.07, 6.45) is 4.36. The van der Waals surface area contributed by atoms with Crippen molar-refractivity contribution < 1.29 is 12.9 Å². The first-order valence-electron chi connectivity index (χ1n) is 6.38. The van der Waals surface area contributed by atoms with Crippen molar-refractivity contribution in [3.8, 4) is 0 Å². The van der Waals surface area contributed by atoms with Crippen molar-refractivity contribution in [1.29, 1.82) is 0 Å². The van der Waals surface area contributed by atoms with E-state index in [0.29, 0.717) is 18.2 Å². The predicted molar refractivity (Wildman–Crippen MR) is 64.3 cm³/mol. The first-order chi connectivity index (χ1) is 8.58. The quantitative estimate of drug-likeness (QED) is 0.884. The third-order valence-electron chi connectivity index (χ3n) is 3.74. The molecular formula is C11H17N3O3S. The van der Waals surface area contributed by atoms with E-state index in [9.17, 15) is 8.42 Å². The monoisotopic (exact) mass is 271 g/mol. The molecule has 1 saturated carbocycles. The van der Waals surface area contributed by atoms with Crippen molar-refractivity contribution in [3.63, 3.8) is 0 Å². The molecule has 1 aliphatic carbocycles. The lowest BCUT2D eigenvalue weighted by atomic mass is 10.2. The number of nitrogens with two attached hydrogens (primary N) is 1. The van der Waals surface area contributed by atoms with Crippen LogP contribution in [0, 0.1) is 5.92 Å². The molecule has 1 aromatic rings. The van der Waals surface area contributed by atoms with Crippen molar-refractivity contribution in [2.45, 2.75) is 43.4 Å². The minimum atomic E-state index is -3.13. The van der Waals surface area contributed by atoms with Crippen LogP contribution >= 0.6 is 0 Å². The molecule has 7 heteroatoms. The highest BCUT2D eigenvalue weighted by atomic mass is 32.2. The number of nitrogens with zero attached hydrogens (tertiary/aromatic N) is 2. The van der Waals surface area contributed by atoms with Crippen LogP contribution in [0.3, 0.4) is 0 Å². The molecule has 1 aliphatic heterocycles. The summed E-state index contributed by atoms with van der Waals surface area (Å²) >= 11 is 0. The molecule has 2 fully saturated rings. The number of aromatic nitrogens is 2. The topological polar surface area (TPSA) is 99.1 Å². The first kappa shape index (κ1) is 12.1. The van der Waals surface area contributed by atoms with Crippen LogP contribution in [0.15, 0.2) is 4.52 Å². The van der Waals surface area contributed by atoms with Gasteiger partial charge in [-0.05, 0) is 31.6 Å². The molecule has 1 aromatic heterocycles. The Bertz CT molecular complexity index is 535. The molecule has 0 amide bonds. The maximum Gasteiger partial charge on any atom is 0.245 e. The Balaban J connectivity index is 1.83. The van der Waals surface area contributed by atoms with E-state index < -0.39 is 15.1 Å². The van der Waals surface area contributed by atoms with Crippen molar-refractivity contribution in [2.75, 3.05) is 5.75 Å². The van der Waals surface area contributed by atoms with Gasteiger partial charge in [-0.15, -0.1) is 0 Å². The second kappa shape index (κ2) is 4.31. The fraction of sp³-hybridized carbons (Fsp3) is 0.818. The van der Waals surface area contributed by atoms with Crippen molar-refractivity contribution >= 4 is 9.84 Å². The lowest BCUT2D eigenvalue weighted by Crippen LogP contribution is -2.22. The van der Waals surface area contributed by atoms with Crippen molar-refractivity contribution in [1.82, 2.24) is 10.1 Å². The molecule has 6 nitrogen and oxygen atoms in total. The second-order valence-electron chi connectivity index (χ2n) is 5.21. The molecule has 1 saturated heterocycles. The maximum atomic E-state index is 11.9. The molecular weight excluding hydrogens is 254 g/mol. The molecule has 0 spiro atoms. The van der Waals surface area contributed by atoms with Crippen LogP contribution in [0.1, 0.15) is 55.1 Å². The average molecular weight is 271 g/mol. The highest BCUT2D eigenvalue weighted by Gasteiger charge is 2.37. The SMILES string of the molecule is NC(c1noc(C2CCCCS2(=O)=O)n1)C1CC1. The van der Waals surface area contributed by atoms with Gasteiger partial charge in [0.25, 0.3) is 0 Å². The fourth-order valence-electron chi connectivity index (χ4n) is 2.41. The minimum Gasteiger partial charge on any atom is -0.338 e. The Morgan fingerprint density at radius 2 is 2.06 bits per heavy atom. The number of hydrogen-bond acceptors (Lipinski definition) is 6. The van der Waals surface area contributed by atoms with Crippen LogP contribution in [-0.4, -0.2) is 24.3 Å². The van der Waals surface area contributed by atoms with Gasteiger partial charge in [-0.2, -0.15) is 4.98 Å². The number of rotatable bonds is 3. The number of hydrogen-bond donors (Lipinski definition) is 1. The van der Waals surface area contributed by atoms with E-state index in [4.69, 9.17) is 10.3 Å². The van der Waals surface area contributed by atoms with Gasteiger partial charge in [0.15, 0.2) is 15.7 Å². The van der Waals surface area contributed by atoms with Crippen molar-refractivity contribution in [3.05, 3.63) is 11.7 Å². The molecule has 2 N–H and O–H groups in total. The maximum absolute atomic E-state index is 11.9. The highest BCUT2D eigenvalue weighted by Crippen LogP contribution is 2.39. The van der Waals surface area contributed by atoms with Crippen LogP contribution in [-0.2, 0) is 9.84 Å². The summed E-state index contributed by atoms with van der Waals surface area (Å²) in [7, 11) is -3.13. The van der Waals surface area contributed by atoms with Gasteiger partial charge in [0.2, 0.25) is 5.89 Å². The Kier molecular flexibility index (Phi) is 2.90. The smallest absolute Gasteiger partial charge is 0.245 e. The fourth-order valence-corrected chi connectivity index (χ4v) is 4.23. The normalized spacial score (nSPS) is 29.1. The van der Waals surface area contributed by atoms with E-state index in [1.54, 1.807) is 0 Å². The van der Waals surface area contributed by atoms with Crippen LogP contribution in [0.4, 0.5) is 0 Å². The van der Waals surface area contributed by atoms with E-state index in [-0.39, 0.29) is 17.7 Å². The molecule has 2 heterocycles. The summed E-state index contributed by atoms with van der Waals surface area (Å²) in [6.45, 7) is 0. The third-order valence-corrected chi connectivity index (χ3v) is 5.90. The standard InChI is InChI=1S/C11H17N3O3S/c12-9(7-4-5-7)10-13-11(17-14-10)8-3-1-2-6-18(8,15)16/h7-9H,1-6,12H2. The van der Waals surface area contributed by atoms with Gasteiger partial charge in [0, 0.05) is 0 Å². The molecule has 2 aliphatic rings. The molecule has 18 heavy (non-hydrogen) atoms. The highest BCUT2D eigenvalue weighted by molar-refractivity contribution is 7.91. The second-order valence-corrected chi connectivity index (χ2v) is 7.51.